The van der Waals surface area contributed by atoms with E-state index < -0.39 is 11.4 Å². The number of carbonyl (C=O) groups excluding carboxylic acids is 2. The Morgan fingerprint density at radius 2 is 2.07 bits per heavy atom. The molecule has 0 bridgehead atoms. The number of hydrogen-bond acceptors (Lipinski definition) is 4. The first-order valence-electron chi connectivity index (χ1n) is 8.86. The number of amides is 2. The van der Waals surface area contributed by atoms with Crippen molar-refractivity contribution >= 4 is 34.6 Å². The molecule has 2 heterocycles. The van der Waals surface area contributed by atoms with E-state index in [0.29, 0.717) is 25.3 Å². The molecule has 1 unspecified atom stereocenters. The van der Waals surface area contributed by atoms with Gasteiger partial charge in [-0.25, -0.2) is 4.79 Å². The molecular formula is C19H23N3O5. The van der Waals surface area contributed by atoms with Crippen LogP contribution in [0.15, 0.2) is 30.5 Å². The minimum atomic E-state index is -0.897. The van der Waals surface area contributed by atoms with E-state index in [2.05, 4.69) is 5.32 Å². The van der Waals surface area contributed by atoms with Crippen LogP contribution in [0.5, 0.6) is 0 Å². The normalized spacial score (nSPS) is 19.3. The van der Waals surface area contributed by atoms with Gasteiger partial charge in [0.15, 0.2) is 0 Å². The van der Waals surface area contributed by atoms with Crippen LogP contribution in [0.4, 0.5) is 10.5 Å². The summed E-state index contributed by atoms with van der Waals surface area (Å²) in [6, 6.07) is 6.96. The average Bonchev–Trinajstić information content (AvgIpc) is 3.20. The molecule has 0 aliphatic carbocycles. The molecule has 1 atom stereocenters. The highest BCUT2D eigenvalue weighted by atomic mass is 16.5. The Morgan fingerprint density at radius 1 is 1.30 bits per heavy atom. The largest absolute Gasteiger partial charge is 0.481 e. The zero-order chi connectivity index (χ0) is 19.6. The molecule has 1 aromatic carbocycles. The van der Waals surface area contributed by atoms with Crippen LogP contribution in [-0.4, -0.2) is 52.2 Å². The fraction of sp³-hybridized carbons (Fsp3) is 0.421. The summed E-state index contributed by atoms with van der Waals surface area (Å²) < 4.78 is 6.76. The first kappa shape index (κ1) is 18.8. The van der Waals surface area contributed by atoms with Gasteiger partial charge in [0.1, 0.15) is 6.54 Å². The highest BCUT2D eigenvalue weighted by Gasteiger charge is 2.42. The monoisotopic (exact) mass is 373 g/mol. The van der Waals surface area contributed by atoms with E-state index in [-0.39, 0.29) is 25.1 Å². The van der Waals surface area contributed by atoms with Gasteiger partial charge in [-0.05, 0) is 44.5 Å². The number of nitrogens with zero attached hydrogens (tertiary/aromatic N) is 2. The number of carboxylic acids is 1. The molecule has 27 heavy (non-hydrogen) atoms. The number of esters is 1. The lowest BCUT2D eigenvalue weighted by atomic mass is 9.90. The van der Waals surface area contributed by atoms with Gasteiger partial charge in [-0.2, -0.15) is 0 Å². The number of aliphatic carboxylic acids is 1. The zero-order valence-corrected chi connectivity index (χ0v) is 15.4. The smallest absolute Gasteiger partial charge is 0.325 e. The molecule has 2 amide bonds. The number of rotatable bonds is 5. The molecule has 144 valence electrons. The van der Waals surface area contributed by atoms with Gasteiger partial charge in [0.2, 0.25) is 0 Å². The van der Waals surface area contributed by atoms with Gasteiger partial charge in [-0.3, -0.25) is 9.59 Å². The number of benzene rings is 1. The molecule has 1 fully saturated rings. The van der Waals surface area contributed by atoms with Crippen LogP contribution in [0.3, 0.4) is 0 Å². The summed E-state index contributed by atoms with van der Waals surface area (Å²) in [7, 11) is 0. The lowest BCUT2D eigenvalue weighted by Gasteiger charge is -2.20. The van der Waals surface area contributed by atoms with E-state index in [9.17, 15) is 19.5 Å². The van der Waals surface area contributed by atoms with E-state index in [1.165, 1.54) is 4.90 Å². The van der Waals surface area contributed by atoms with Gasteiger partial charge in [-0.15, -0.1) is 0 Å². The summed E-state index contributed by atoms with van der Waals surface area (Å²) in [5.41, 5.74) is 0.581. The molecule has 0 spiro atoms. The Morgan fingerprint density at radius 3 is 2.74 bits per heavy atom. The van der Waals surface area contributed by atoms with Crippen molar-refractivity contribution in [3.8, 4) is 0 Å². The Labute approximate surface area is 156 Å². The van der Waals surface area contributed by atoms with E-state index >= 15 is 0 Å². The van der Waals surface area contributed by atoms with Gasteiger partial charge in [0.05, 0.1) is 12.0 Å². The molecule has 0 radical (unpaired) electrons. The van der Waals surface area contributed by atoms with Crippen LogP contribution in [-0.2, 0) is 20.9 Å². The predicted molar refractivity (Wildman–Crippen MR) is 99.5 cm³/mol. The molecule has 8 heteroatoms. The second-order valence-electron chi connectivity index (χ2n) is 6.99. The van der Waals surface area contributed by atoms with Crippen LogP contribution in [0, 0.1) is 5.41 Å². The van der Waals surface area contributed by atoms with Crippen molar-refractivity contribution in [2.45, 2.75) is 26.8 Å². The third-order valence-electron chi connectivity index (χ3n) is 4.90. The number of aromatic nitrogens is 1. The lowest BCUT2D eigenvalue weighted by Crippen LogP contribution is -2.37. The fourth-order valence-corrected chi connectivity index (χ4v) is 3.27. The average molecular weight is 373 g/mol. The first-order valence-corrected chi connectivity index (χ1v) is 8.86. The number of urea groups is 1. The van der Waals surface area contributed by atoms with Crippen molar-refractivity contribution < 1.29 is 24.2 Å². The van der Waals surface area contributed by atoms with Gasteiger partial charge in [0, 0.05) is 35.9 Å². The number of carboxylic acid groups (broad SMARTS) is 1. The number of hydrogen-bond donors (Lipinski definition) is 2. The Bertz CT molecular complexity index is 891. The van der Waals surface area contributed by atoms with Gasteiger partial charge >= 0.3 is 18.0 Å². The van der Waals surface area contributed by atoms with Crippen molar-refractivity contribution in [2.24, 2.45) is 5.41 Å². The van der Waals surface area contributed by atoms with E-state index in [1.54, 1.807) is 30.7 Å². The molecule has 1 aromatic heterocycles. The molecular weight excluding hydrogens is 350 g/mol. The Hall–Kier alpha value is -3.03. The van der Waals surface area contributed by atoms with Crippen LogP contribution in [0.25, 0.3) is 10.9 Å². The standard InChI is InChI=1S/C19H23N3O5/c1-3-27-16(23)11-21-8-6-13-10-14(4-5-15(13)21)20-18(26)22-9-7-19(2,12-22)17(24)25/h4-6,8,10H,3,7,9,11-12H2,1-2H3,(H,20,26)(H,24,25). The van der Waals surface area contributed by atoms with Gasteiger partial charge < -0.3 is 24.6 Å². The van der Waals surface area contributed by atoms with Crippen LogP contribution >= 0.6 is 0 Å². The van der Waals surface area contributed by atoms with Crippen molar-refractivity contribution in [1.29, 1.82) is 0 Å². The summed E-state index contributed by atoms with van der Waals surface area (Å²) in [4.78, 5) is 36.9. The minimum Gasteiger partial charge on any atom is -0.481 e. The zero-order valence-electron chi connectivity index (χ0n) is 15.4. The van der Waals surface area contributed by atoms with Crippen LogP contribution < -0.4 is 5.32 Å². The SMILES string of the molecule is CCOC(=O)Cn1ccc2cc(NC(=O)N3CCC(C)(C(=O)O)C3)ccc21. The molecule has 1 saturated heterocycles. The third kappa shape index (κ3) is 3.89. The van der Waals surface area contributed by atoms with E-state index in [1.807, 2.05) is 18.2 Å². The summed E-state index contributed by atoms with van der Waals surface area (Å²) in [5, 5.41) is 13.0. The maximum absolute atomic E-state index is 12.4. The maximum atomic E-state index is 12.4. The maximum Gasteiger partial charge on any atom is 0.325 e. The number of likely N-dealkylation sites (tertiary alicyclic amines) is 1. The summed E-state index contributed by atoms with van der Waals surface area (Å²) in [6.07, 6.45) is 2.23. The minimum absolute atomic E-state index is 0.130. The molecule has 8 nitrogen and oxygen atoms in total. The fourth-order valence-electron chi connectivity index (χ4n) is 3.27. The second kappa shape index (κ2) is 7.30. The summed E-state index contributed by atoms with van der Waals surface area (Å²) in [5.74, 6) is -1.19. The second-order valence-corrected chi connectivity index (χ2v) is 6.99. The first-order chi connectivity index (χ1) is 12.8. The topological polar surface area (TPSA) is 101 Å². The number of nitrogens with one attached hydrogen (secondary N) is 1. The van der Waals surface area contributed by atoms with Crippen molar-refractivity contribution in [1.82, 2.24) is 9.47 Å². The molecule has 1 aliphatic rings. The van der Waals surface area contributed by atoms with Crippen molar-refractivity contribution in [2.75, 3.05) is 25.0 Å². The van der Waals surface area contributed by atoms with Crippen molar-refractivity contribution in [3.05, 3.63) is 30.5 Å². The molecule has 1 aliphatic heterocycles. The highest BCUT2D eigenvalue weighted by Crippen LogP contribution is 2.30. The van der Waals surface area contributed by atoms with Gasteiger partial charge in [0.25, 0.3) is 0 Å². The number of ether oxygens (including phenoxy) is 1. The van der Waals surface area contributed by atoms with Crippen molar-refractivity contribution in [3.63, 3.8) is 0 Å². The molecule has 0 saturated carbocycles. The third-order valence-corrected chi connectivity index (χ3v) is 4.90. The molecule has 2 N–H and O–H groups in total. The predicted octanol–water partition coefficient (Wildman–Crippen LogP) is 2.53. The number of anilines is 1. The Balaban J connectivity index is 1.69. The van der Waals surface area contributed by atoms with Crippen LogP contribution in [0.2, 0.25) is 0 Å². The van der Waals surface area contributed by atoms with Crippen LogP contribution in [0.1, 0.15) is 20.3 Å². The summed E-state index contributed by atoms with van der Waals surface area (Å²) in [6.45, 7) is 4.48. The quantitative estimate of drug-likeness (QED) is 0.785. The number of fused-ring (bicyclic) bond motifs is 1. The number of carbonyl (C=O) groups is 3. The Kier molecular flexibility index (Phi) is 5.07. The van der Waals surface area contributed by atoms with Gasteiger partial charge in [-0.1, -0.05) is 0 Å². The lowest BCUT2D eigenvalue weighted by molar-refractivity contribution is -0.147. The highest BCUT2D eigenvalue weighted by molar-refractivity contribution is 5.94. The van der Waals surface area contributed by atoms with E-state index in [4.69, 9.17) is 4.74 Å². The molecule has 3 rings (SSSR count). The molecule has 2 aromatic rings. The summed E-state index contributed by atoms with van der Waals surface area (Å²) >= 11 is 0. The van der Waals surface area contributed by atoms with E-state index in [0.717, 1.165) is 10.9 Å².